The van der Waals surface area contributed by atoms with Crippen molar-refractivity contribution in [1.29, 1.82) is 0 Å². The highest BCUT2D eigenvalue weighted by Gasteiger charge is 2.19. The molecule has 0 aromatic carbocycles. The average molecular weight is 797 g/mol. The molecule has 328 valence electrons. The maximum atomic E-state index is 12.7. The lowest BCUT2D eigenvalue weighted by atomic mass is 10.1. The van der Waals surface area contributed by atoms with Gasteiger partial charge in [0, 0.05) is 19.3 Å². The van der Waals surface area contributed by atoms with E-state index in [0.29, 0.717) is 19.3 Å². The smallest absolute Gasteiger partial charge is 0.306 e. The number of carbonyl (C=O) groups excluding carboxylic acids is 3. The zero-order valence-electron chi connectivity index (χ0n) is 37.3. The first kappa shape index (κ1) is 54.1. The summed E-state index contributed by atoms with van der Waals surface area (Å²) in [6.45, 7) is 6.45. The Bertz CT molecular complexity index is 1050. The number of hydrogen-bond acceptors (Lipinski definition) is 6. The minimum Gasteiger partial charge on any atom is -0.462 e. The van der Waals surface area contributed by atoms with Crippen molar-refractivity contribution in [1.82, 2.24) is 0 Å². The molecule has 0 saturated carbocycles. The van der Waals surface area contributed by atoms with E-state index in [4.69, 9.17) is 14.2 Å². The summed E-state index contributed by atoms with van der Waals surface area (Å²) in [6, 6.07) is 0. The molecule has 0 spiro atoms. The second kappa shape index (κ2) is 45.8. The van der Waals surface area contributed by atoms with Crippen molar-refractivity contribution in [3.05, 3.63) is 60.8 Å². The third-order valence-electron chi connectivity index (χ3n) is 10.0. The second-order valence-corrected chi connectivity index (χ2v) is 15.6. The summed E-state index contributed by atoms with van der Waals surface area (Å²) in [7, 11) is 0. The van der Waals surface area contributed by atoms with E-state index in [0.717, 1.165) is 83.5 Å². The fourth-order valence-electron chi connectivity index (χ4n) is 6.43. The molecule has 0 rings (SSSR count). The minimum absolute atomic E-state index is 0.0922. The van der Waals surface area contributed by atoms with Crippen LogP contribution in [0.3, 0.4) is 0 Å². The molecule has 0 amide bonds. The molecule has 0 aromatic rings. The van der Waals surface area contributed by atoms with Gasteiger partial charge in [0.05, 0.1) is 0 Å². The maximum absolute atomic E-state index is 12.7. The van der Waals surface area contributed by atoms with Gasteiger partial charge in [0.2, 0.25) is 0 Å². The van der Waals surface area contributed by atoms with Gasteiger partial charge in [0.1, 0.15) is 13.2 Å². The van der Waals surface area contributed by atoms with Crippen LogP contribution < -0.4 is 0 Å². The third kappa shape index (κ3) is 44.1. The lowest BCUT2D eigenvalue weighted by molar-refractivity contribution is -0.167. The topological polar surface area (TPSA) is 78.9 Å². The molecule has 0 fully saturated rings. The van der Waals surface area contributed by atoms with E-state index in [2.05, 4.69) is 81.5 Å². The molecule has 0 aromatic heterocycles. The highest BCUT2D eigenvalue weighted by Crippen LogP contribution is 2.14. The van der Waals surface area contributed by atoms with Crippen LogP contribution in [0.4, 0.5) is 0 Å². The summed E-state index contributed by atoms with van der Waals surface area (Å²) in [5, 5.41) is 0. The van der Waals surface area contributed by atoms with Crippen molar-refractivity contribution >= 4 is 17.9 Å². The number of rotatable bonds is 42. The van der Waals surface area contributed by atoms with Gasteiger partial charge in [0.25, 0.3) is 0 Å². The van der Waals surface area contributed by atoms with E-state index < -0.39 is 6.10 Å². The molecule has 6 heteroatoms. The quantitative estimate of drug-likeness (QED) is 0.0265. The summed E-state index contributed by atoms with van der Waals surface area (Å²) in [4.78, 5) is 37.8. The van der Waals surface area contributed by atoms with Gasteiger partial charge in [-0.1, -0.05) is 184 Å². The Hall–Kier alpha value is -2.89. The zero-order valence-corrected chi connectivity index (χ0v) is 37.3. The summed E-state index contributed by atoms with van der Waals surface area (Å²) < 4.78 is 16.7. The van der Waals surface area contributed by atoms with Crippen molar-refractivity contribution in [2.24, 2.45) is 0 Å². The van der Waals surface area contributed by atoms with Gasteiger partial charge in [-0.25, -0.2) is 0 Å². The van der Waals surface area contributed by atoms with Gasteiger partial charge in [-0.2, -0.15) is 0 Å². The van der Waals surface area contributed by atoms with E-state index in [1.54, 1.807) is 0 Å². The first-order chi connectivity index (χ1) is 28.0. The second-order valence-electron chi connectivity index (χ2n) is 15.6. The van der Waals surface area contributed by atoms with E-state index >= 15 is 0 Å². The molecule has 0 radical (unpaired) electrons. The molecule has 57 heavy (non-hydrogen) atoms. The lowest BCUT2D eigenvalue weighted by Gasteiger charge is -2.18. The Morgan fingerprint density at radius 1 is 0.368 bits per heavy atom. The molecule has 0 bridgehead atoms. The van der Waals surface area contributed by atoms with Gasteiger partial charge >= 0.3 is 17.9 Å². The van der Waals surface area contributed by atoms with Crippen molar-refractivity contribution in [2.75, 3.05) is 13.2 Å². The molecular weight excluding hydrogens is 709 g/mol. The van der Waals surface area contributed by atoms with Crippen LogP contribution in [0.5, 0.6) is 0 Å². The first-order valence-corrected chi connectivity index (χ1v) is 23.8. The molecule has 0 N–H and O–H groups in total. The standard InChI is InChI=1S/C51H88O6/c1-4-7-10-13-16-19-22-24-25-27-30-33-36-39-42-45-51(54)57-48(46-55-49(52)43-40-37-34-31-28-21-18-15-12-9-6-3)47-56-50(53)44-41-38-35-32-29-26-23-20-17-14-11-8-5-2/h7,10,16,19-20,23-25,30,33,48H,4-6,8-9,11-15,17-18,21-22,26-29,31-32,34-47H2,1-3H3/b10-7-,19-16-,23-20-,25-24-,33-30-/t48-/m0/s1. The molecular formula is C51H88O6. The Labute approximate surface area is 351 Å². The summed E-state index contributed by atoms with van der Waals surface area (Å²) in [6.07, 6.45) is 54.9. The number of ether oxygens (including phenoxy) is 3. The Morgan fingerprint density at radius 2 is 0.684 bits per heavy atom. The minimum atomic E-state index is -0.795. The molecule has 0 heterocycles. The third-order valence-corrected chi connectivity index (χ3v) is 10.0. The molecule has 1 atom stereocenters. The molecule has 0 aliphatic carbocycles. The Morgan fingerprint density at radius 3 is 1.14 bits per heavy atom. The van der Waals surface area contributed by atoms with Crippen molar-refractivity contribution in [3.8, 4) is 0 Å². The molecule has 0 aliphatic heterocycles. The fraction of sp³-hybridized carbons (Fsp3) is 0.745. The lowest BCUT2D eigenvalue weighted by Crippen LogP contribution is -2.30. The van der Waals surface area contributed by atoms with Gasteiger partial charge < -0.3 is 14.2 Å². The number of hydrogen-bond donors (Lipinski definition) is 0. The summed E-state index contributed by atoms with van der Waals surface area (Å²) >= 11 is 0. The van der Waals surface area contributed by atoms with E-state index in [1.807, 2.05) is 0 Å². The van der Waals surface area contributed by atoms with E-state index in [-0.39, 0.29) is 37.5 Å². The summed E-state index contributed by atoms with van der Waals surface area (Å²) in [5.41, 5.74) is 0. The highest BCUT2D eigenvalue weighted by molar-refractivity contribution is 5.71. The van der Waals surface area contributed by atoms with Crippen LogP contribution in [0.15, 0.2) is 60.8 Å². The largest absolute Gasteiger partial charge is 0.462 e. The monoisotopic (exact) mass is 797 g/mol. The van der Waals surface area contributed by atoms with Crippen molar-refractivity contribution in [2.45, 2.75) is 232 Å². The fourth-order valence-corrected chi connectivity index (χ4v) is 6.43. The van der Waals surface area contributed by atoms with Crippen LogP contribution in [-0.4, -0.2) is 37.2 Å². The molecule has 0 saturated heterocycles. The number of unbranched alkanes of at least 4 members (excludes halogenated alkanes) is 21. The average Bonchev–Trinajstić information content (AvgIpc) is 3.21. The SMILES string of the molecule is CC/C=C\C/C=C\C/C=C\C/C=C\CCCCC(=O)O[C@H](COC(=O)CCCCCCC/C=C\CCCCCC)COC(=O)CCCCCCCCCCCCC. The Balaban J connectivity index is 4.46. The highest BCUT2D eigenvalue weighted by atomic mass is 16.6. The Kier molecular flexibility index (Phi) is 43.5. The van der Waals surface area contributed by atoms with E-state index in [9.17, 15) is 14.4 Å². The van der Waals surface area contributed by atoms with Crippen LogP contribution in [0.1, 0.15) is 226 Å². The van der Waals surface area contributed by atoms with Gasteiger partial charge in [-0.3, -0.25) is 14.4 Å². The predicted octanol–water partition coefficient (Wildman–Crippen LogP) is 15.3. The van der Waals surface area contributed by atoms with Crippen LogP contribution in [-0.2, 0) is 28.6 Å². The number of esters is 3. The van der Waals surface area contributed by atoms with Crippen LogP contribution in [0.2, 0.25) is 0 Å². The predicted molar refractivity (Wildman–Crippen MR) is 242 cm³/mol. The van der Waals surface area contributed by atoms with Crippen LogP contribution in [0, 0.1) is 0 Å². The molecule has 6 nitrogen and oxygen atoms in total. The van der Waals surface area contributed by atoms with Gasteiger partial charge in [0.15, 0.2) is 6.10 Å². The van der Waals surface area contributed by atoms with E-state index in [1.165, 1.54) is 96.3 Å². The zero-order chi connectivity index (χ0) is 41.5. The summed E-state index contributed by atoms with van der Waals surface area (Å²) in [5.74, 6) is -0.945. The van der Waals surface area contributed by atoms with Gasteiger partial charge in [-0.05, 0) is 83.5 Å². The molecule has 0 unspecified atom stereocenters. The van der Waals surface area contributed by atoms with Gasteiger partial charge in [-0.15, -0.1) is 0 Å². The number of carbonyl (C=O) groups is 3. The normalized spacial score (nSPS) is 12.5. The number of allylic oxidation sites excluding steroid dienone is 10. The first-order valence-electron chi connectivity index (χ1n) is 23.8. The van der Waals surface area contributed by atoms with Crippen LogP contribution in [0.25, 0.3) is 0 Å². The van der Waals surface area contributed by atoms with Crippen LogP contribution >= 0.6 is 0 Å². The maximum Gasteiger partial charge on any atom is 0.306 e. The van der Waals surface area contributed by atoms with Crippen molar-refractivity contribution < 1.29 is 28.6 Å². The van der Waals surface area contributed by atoms with Crippen molar-refractivity contribution in [3.63, 3.8) is 0 Å². The molecule has 0 aliphatic rings.